The molecule has 4 aromatic rings. The predicted octanol–water partition coefficient (Wildman–Crippen LogP) is 4.30. The Morgan fingerprint density at radius 1 is 1.18 bits per heavy atom. The lowest BCUT2D eigenvalue weighted by molar-refractivity contribution is -0.117. The number of carbonyl (C=O) groups excluding carboxylic acids is 1. The van der Waals surface area contributed by atoms with Crippen LogP contribution in [0.15, 0.2) is 59.3 Å². The van der Waals surface area contributed by atoms with Crippen LogP contribution in [0.2, 0.25) is 0 Å². The zero-order valence-corrected chi connectivity index (χ0v) is 15.6. The molecule has 0 spiro atoms. The summed E-state index contributed by atoms with van der Waals surface area (Å²) in [7, 11) is 0. The number of aromatic amines is 1. The standard InChI is InChI=1S/C22H20N4O2/c1-2-14-3-7-18(8-4-14)26-13-17(12-20(26)27)21-24-22(28-25-21)16-6-5-15-9-10-23-19(15)11-16/h3-11,17,23H,2,12-13H2,1H3. The second-order valence-electron chi connectivity index (χ2n) is 7.16. The molecule has 0 saturated carbocycles. The van der Waals surface area contributed by atoms with Crippen molar-refractivity contribution in [2.75, 3.05) is 11.4 Å². The molecule has 1 aliphatic rings. The first-order valence-corrected chi connectivity index (χ1v) is 9.51. The van der Waals surface area contributed by atoms with E-state index in [0.29, 0.717) is 24.7 Å². The molecular weight excluding hydrogens is 352 g/mol. The third-order valence-electron chi connectivity index (χ3n) is 5.39. The minimum absolute atomic E-state index is 0.0647. The first kappa shape index (κ1) is 16.7. The molecule has 6 heteroatoms. The van der Waals surface area contributed by atoms with Crippen molar-refractivity contribution in [2.45, 2.75) is 25.7 Å². The van der Waals surface area contributed by atoms with E-state index in [1.165, 1.54) is 5.56 Å². The lowest BCUT2D eigenvalue weighted by atomic mass is 10.1. The number of rotatable bonds is 4. The molecule has 1 unspecified atom stereocenters. The van der Waals surface area contributed by atoms with Gasteiger partial charge in [0, 0.05) is 41.8 Å². The van der Waals surface area contributed by atoms with E-state index >= 15 is 0 Å². The number of benzene rings is 2. The van der Waals surface area contributed by atoms with E-state index < -0.39 is 0 Å². The van der Waals surface area contributed by atoms with Crippen molar-refractivity contribution in [3.8, 4) is 11.5 Å². The smallest absolute Gasteiger partial charge is 0.258 e. The summed E-state index contributed by atoms with van der Waals surface area (Å²) >= 11 is 0. The molecule has 0 radical (unpaired) electrons. The largest absolute Gasteiger partial charge is 0.361 e. The number of H-pyrrole nitrogens is 1. The van der Waals surface area contributed by atoms with Crippen molar-refractivity contribution < 1.29 is 9.32 Å². The van der Waals surface area contributed by atoms with E-state index in [2.05, 4.69) is 34.2 Å². The van der Waals surface area contributed by atoms with E-state index in [-0.39, 0.29) is 11.8 Å². The van der Waals surface area contributed by atoms with E-state index in [0.717, 1.165) is 28.6 Å². The average Bonchev–Trinajstić information content (AvgIpc) is 3.46. The van der Waals surface area contributed by atoms with Gasteiger partial charge < -0.3 is 14.4 Å². The normalized spacial score (nSPS) is 17.0. The summed E-state index contributed by atoms with van der Waals surface area (Å²) in [5.41, 5.74) is 4.07. The molecule has 1 aliphatic heterocycles. The van der Waals surface area contributed by atoms with Crippen LogP contribution in [0.25, 0.3) is 22.4 Å². The fourth-order valence-corrected chi connectivity index (χ4v) is 3.74. The van der Waals surface area contributed by atoms with Crippen LogP contribution in [-0.2, 0) is 11.2 Å². The maximum absolute atomic E-state index is 12.5. The number of amides is 1. The molecule has 0 aliphatic carbocycles. The van der Waals surface area contributed by atoms with Crippen LogP contribution < -0.4 is 4.90 Å². The summed E-state index contributed by atoms with van der Waals surface area (Å²) in [6.07, 6.45) is 3.28. The molecule has 2 aromatic heterocycles. The third kappa shape index (κ3) is 2.87. The topological polar surface area (TPSA) is 75.0 Å². The van der Waals surface area contributed by atoms with E-state index in [1.807, 2.05) is 47.5 Å². The number of hydrogen-bond acceptors (Lipinski definition) is 4. The van der Waals surface area contributed by atoms with Gasteiger partial charge in [-0.1, -0.05) is 30.3 Å². The van der Waals surface area contributed by atoms with Crippen LogP contribution in [0.1, 0.15) is 30.7 Å². The fraction of sp³-hybridized carbons (Fsp3) is 0.227. The Kier molecular flexibility index (Phi) is 3.97. The minimum Gasteiger partial charge on any atom is -0.361 e. The molecule has 1 atom stereocenters. The number of aromatic nitrogens is 3. The van der Waals surface area contributed by atoms with Crippen molar-refractivity contribution in [2.24, 2.45) is 0 Å². The molecule has 1 N–H and O–H groups in total. The SMILES string of the molecule is CCc1ccc(N2CC(c3noc(-c4ccc5cc[nH]c5c4)n3)CC2=O)cc1. The van der Waals surface area contributed by atoms with Gasteiger partial charge in [0.15, 0.2) is 5.82 Å². The van der Waals surface area contributed by atoms with Gasteiger partial charge in [0.05, 0.1) is 0 Å². The van der Waals surface area contributed by atoms with Crippen LogP contribution in [0.5, 0.6) is 0 Å². The zero-order chi connectivity index (χ0) is 19.1. The van der Waals surface area contributed by atoms with Crippen LogP contribution >= 0.6 is 0 Å². The Balaban J connectivity index is 1.37. The number of carbonyl (C=O) groups is 1. The second-order valence-corrected chi connectivity index (χ2v) is 7.16. The van der Waals surface area contributed by atoms with Crippen molar-refractivity contribution in [3.05, 3.63) is 66.1 Å². The number of nitrogens with one attached hydrogen (secondary N) is 1. The van der Waals surface area contributed by atoms with Gasteiger partial charge in [-0.2, -0.15) is 4.98 Å². The van der Waals surface area contributed by atoms with Crippen molar-refractivity contribution in [1.29, 1.82) is 0 Å². The van der Waals surface area contributed by atoms with Gasteiger partial charge in [-0.3, -0.25) is 4.79 Å². The van der Waals surface area contributed by atoms with Gasteiger partial charge in [-0.25, -0.2) is 0 Å². The highest BCUT2D eigenvalue weighted by Crippen LogP contribution is 2.32. The Morgan fingerprint density at radius 3 is 2.86 bits per heavy atom. The van der Waals surface area contributed by atoms with Gasteiger partial charge in [-0.15, -0.1) is 0 Å². The molecule has 5 rings (SSSR count). The maximum Gasteiger partial charge on any atom is 0.258 e. The number of fused-ring (bicyclic) bond motifs is 1. The van der Waals surface area contributed by atoms with Gasteiger partial charge in [-0.05, 0) is 47.7 Å². The molecule has 1 saturated heterocycles. The Labute approximate surface area is 162 Å². The monoisotopic (exact) mass is 372 g/mol. The molecule has 0 bridgehead atoms. The van der Waals surface area contributed by atoms with E-state index in [1.54, 1.807) is 0 Å². The average molecular weight is 372 g/mol. The summed E-state index contributed by atoms with van der Waals surface area (Å²) in [5, 5.41) is 5.29. The van der Waals surface area contributed by atoms with Crippen LogP contribution in [0.3, 0.4) is 0 Å². The van der Waals surface area contributed by atoms with Crippen molar-refractivity contribution in [3.63, 3.8) is 0 Å². The van der Waals surface area contributed by atoms with Gasteiger partial charge in [0.1, 0.15) is 0 Å². The predicted molar refractivity (Wildman–Crippen MR) is 107 cm³/mol. The van der Waals surface area contributed by atoms with Crippen molar-refractivity contribution >= 4 is 22.5 Å². The molecule has 1 fully saturated rings. The quantitative estimate of drug-likeness (QED) is 0.579. The molecule has 28 heavy (non-hydrogen) atoms. The number of nitrogens with zero attached hydrogens (tertiary/aromatic N) is 3. The molecule has 1 amide bonds. The highest BCUT2D eigenvalue weighted by atomic mass is 16.5. The van der Waals surface area contributed by atoms with Gasteiger partial charge in [0.25, 0.3) is 5.89 Å². The lowest BCUT2D eigenvalue weighted by Crippen LogP contribution is -2.24. The van der Waals surface area contributed by atoms with Crippen molar-refractivity contribution in [1.82, 2.24) is 15.1 Å². The number of hydrogen-bond donors (Lipinski definition) is 1. The van der Waals surface area contributed by atoms with E-state index in [4.69, 9.17) is 4.52 Å². The third-order valence-corrected chi connectivity index (χ3v) is 5.39. The number of anilines is 1. The first-order chi connectivity index (χ1) is 13.7. The molecule has 140 valence electrons. The van der Waals surface area contributed by atoms with Crippen LogP contribution in [0.4, 0.5) is 5.69 Å². The number of aryl methyl sites for hydroxylation is 1. The van der Waals surface area contributed by atoms with Crippen LogP contribution in [-0.4, -0.2) is 27.6 Å². The summed E-state index contributed by atoms with van der Waals surface area (Å²) in [6, 6.07) is 16.1. The second kappa shape index (κ2) is 6.64. The molecule has 6 nitrogen and oxygen atoms in total. The summed E-state index contributed by atoms with van der Waals surface area (Å²) in [6.45, 7) is 2.69. The fourth-order valence-electron chi connectivity index (χ4n) is 3.74. The van der Waals surface area contributed by atoms with Gasteiger partial charge in [0.2, 0.25) is 5.91 Å². The highest BCUT2D eigenvalue weighted by Gasteiger charge is 2.34. The highest BCUT2D eigenvalue weighted by molar-refractivity contribution is 5.96. The Bertz CT molecular complexity index is 1140. The first-order valence-electron chi connectivity index (χ1n) is 9.51. The van der Waals surface area contributed by atoms with Crippen LogP contribution in [0, 0.1) is 0 Å². The summed E-state index contributed by atoms with van der Waals surface area (Å²) in [4.78, 5) is 22.1. The van der Waals surface area contributed by atoms with Gasteiger partial charge >= 0.3 is 0 Å². The summed E-state index contributed by atoms with van der Waals surface area (Å²) in [5.74, 6) is 1.09. The molecule has 3 heterocycles. The summed E-state index contributed by atoms with van der Waals surface area (Å²) < 4.78 is 5.49. The minimum atomic E-state index is -0.0647. The molecular formula is C22H20N4O2. The Hall–Kier alpha value is -3.41. The Morgan fingerprint density at radius 2 is 2.04 bits per heavy atom. The lowest BCUT2D eigenvalue weighted by Gasteiger charge is -2.16. The van der Waals surface area contributed by atoms with E-state index in [9.17, 15) is 4.79 Å². The molecule has 2 aromatic carbocycles. The maximum atomic E-state index is 12.5. The zero-order valence-electron chi connectivity index (χ0n) is 15.6.